The fraction of sp³-hybridized carbons (Fsp3) is 0.417. The zero-order valence-electron chi connectivity index (χ0n) is 10.2. The summed E-state index contributed by atoms with van der Waals surface area (Å²) in [6, 6.07) is 7.89. The molecule has 96 valence electrons. The van der Waals surface area contributed by atoms with E-state index >= 15 is 0 Å². The molecule has 0 atom stereocenters. The van der Waals surface area contributed by atoms with Crippen molar-refractivity contribution in [3.8, 4) is 0 Å². The lowest BCUT2D eigenvalue weighted by Crippen LogP contribution is -2.29. The van der Waals surface area contributed by atoms with Crippen LogP contribution in [0.25, 0.3) is 11.0 Å². The van der Waals surface area contributed by atoms with Crippen molar-refractivity contribution in [1.29, 1.82) is 0 Å². The Morgan fingerprint density at radius 3 is 2.94 bits per heavy atom. The van der Waals surface area contributed by atoms with Gasteiger partial charge in [-0.15, -0.1) is 5.10 Å². The summed E-state index contributed by atoms with van der Waals surface area (Å²) in [6.45, 7) is 0.824. The van der Waals surface area contributed by atoms with E-state index in [0.29, 0.717) is 6.42 Å². The molecule has 1 amide bonds. The van der Waals surface area contributed by atoms with Crippen LogP contribution in [0.4, 0.5) is 0 Å². The third-order valence-electron chi connectivity index (χ3n) is 2.85. The van der Waals surface area contributed by atoms with E-state index in [4.69, 9.17) is 5.84 Å². The smallest absolute Gasteiger partial charge is 0.233 e. The first-order valence-electron chi connectivity index (χ1n) is 6.09. The largest absolute Gasteiger partial charge is 0.294 e. The fourth-order valence-electron chi connectivity index (χ4n) is 1.88. The first-order chi connectivity index (χ1) is 8.81. The minimum absolute atomic E-state index is 0.110. The van der Waals surface area contributed by atoms with Crippen LogP contribution in [0.2, 0.25) is 0 Å². The van der Waals surface area contributed by atoms with Gasteiger partial charge in [-0.1, -0.05) is 23.8 Å². The number of carbonyl (C=O) groups is 1. The van der Waals surface area contributed by atoms with Gasteiger partial charge in [-0.2, -0.15) is 0 Å². The van der Waals surface area contributed by atoms with E-state index in [1.165, 1.54) is 0 Å². The number of hydrogen-bond acceptors (Lipinski definition) is 4. The number of amides is 1. The topological polar surface area (TPSA) is 85.8 Å². The van der Waals surface area contributed by atoms with Crippen LogP contribution in [0.1, 0.15) is 25.7 Å². The van der Waals surface area contributed by atoms with Crippen molar-refractivity contribution >= 4 is 16.9 Å². The normalized spacial score (nSPS) is 10.7. The summed E-state index contributed by atoms with van der Waals surface area (Å²) in [7, 11) is 0. The van der Waals surface area contributed by atoms with Crippen LogP contribution in [0.3, 0.4) is 0 Å². The molecule has 0 saturated heterocycles. The Hall–Kier alpha value is -1.95. The van der Waals surface area contributed by atoms with Gasteiger partial charge in [-0.05, 0) is 25.0 Å². The Morgan fingerprint density at radius 1 is 1.28 bits per heavy atom. The highest BCUT2D eigenvalue weighted by molar-refractivity contribution is 5.75. The highest BCUT2D eigenvalue weighted by atomic mass is 16.2. The van der Waals surface area contributed by atoms with Crippen LogP contribution in [-0.4, -0.2) is 20.9 Å². The second kappa shape index (κ2) is 6.11. The number of para-hydroxylation sites is 1. The van der Waals surface area contributed by atoms with Crippen molar-refractivity contribution in [2.45, 2.75) is 32.2 Å². The third kappa shape index (κ3) is 3.04. The Labute approximate surface area is 105 Å². The maximum Gasteiger partial charge on any atom is 0.233 e. The van der Waals surface area contributed by atoms with Crippen LogP contribution in [-0.2, 0) is 11.3 Å². The Balaban J connectivity index is 1.78. The SMILES string of the molecule is NNC(=O)CCCCCn1nnc2ccccc21. The van der Waals surface area contributed by atoms with E-state index in [-0.39, 0.29) is 5.91 Å². The quantitative estimate of drug-likeness (QED) is 0.345. The summed E-state index contributed by atoms with van der Waals surface area (Å²) in [6.07, 6.45) is 3.27. The summed E-state index contributed by atoms with van der Waals surface area (Å²) >= 11 is 0. The van der Waals surface area contributed by atoms with E-state index in [1.54, 1.807) is 0 Å². The number of benzene rings is 1. The van der Waals surface area contributed by atoms with Crippen LogP contribution in [0.5, 0.6) is 0 Å². The molecule has 18 heavy (non-hydrogen) atoms. The lowest BCUT2D eigenvalue weighted by atomic mass is 10.2. The van der Waals surface area contributed by atoms with Crippen LogP contribution >= 0.6 is 0 Å². The average Bonchev–Trinajstić information content (AvgIpc) is 2.81. The molecule has 3 N–H and O–H groups in total. The Bertz CT molecular complexity index is 522. The van der Waals surface area contributed by atoms with Crippen molar-refractivity contribution in [2.24, 2.45) is 5.84 Å². The van der Waals surface area contributed by atoms with Gasteiger partial charge >= 0.3 is 0 Å². The van der Waals surface area contributed by atoms with Gasteiger partial charge in [-0.25, -0.2) is 10.5 Å². The number of fused-ring (bicyclic) bond motifs is 1. The molecule has 0 aliphatic heterocycles. The minimum atomic E-state index is -0.110. The molecule has 0 spiro atoms. The van der Waals surface area contributed by atoms with Crippen molar-refractivity contribution < 1.29 is 4.79 Å². The average molecular weight is 247 g/mol. The van der Waals surface area contributed by atoms with Crippen LogP contribution < -0.4 is 11.3 Å². The maximum absolute atomic E-state index is 10.9. The fourth-order valence-corrected chi connectivity index (χ4v) is 1.88. The van der Waals surface area contributed by atoms with Gasteiger partial charge in [-0.3, -0.25) is 10.2 Å². The van der Waals surface area contributed by atoms with E-state index in [0.717, 1.165) is 36.8 Å². The zero-order chi connectivity index (χ0) is 12.8. The van der Waals surface area contributed by atoms with Gasteiger partial charge < -0.3 is 0 Å². The van der Waals surface area contributed by atoms with Crippen molar-refractivity contribution in [3.05, 3.63) is 24.3 Å². The molecule has 0 aliphatic carbocycles. The summed E-state index contributed by atoms with van der Waals surface area (Å²) in [5, 5.41) is 8.20. The molecule has 2 aromatic rings. The number of nitrogens with zero attached hydrogens (tertiary/aromatic N) is 3. The highest BCUT2D eigenvalue weighted by Crippen LogP contribution is 2.11. The van der Waals surface area contributed by atoms with E-state index in [1.807, 2.05) is 28.9 Å². The number of nitrogens with two attached hydrogens (primary N) is 1. The van der Waals surface area contributed by atoms with Crippen molar-refractivity contribution in [3.63, 3.8) is 0 Å². The monoisotopic (exact) mass is 247 g/mol. The number of unbranched alkanes of at least 4 members (excludes halogenated alkanes) is 2. The van der Waals surface area contributed by atoms with E-state index in [2.05, 4.69) is 15.7 Å². The molecule has 1 aromatic heterocycles. The van der Waals surface area contributed by atoms with Crippen LogP contribution in [0, 0.1) is 0 Å². The second-order valence-corrected chi connectivity index (χ2v) is 4.18. The lowest BCUT2D eigenvalue weighted by molar-refractivity contribution is -0.121. The summed E-state index contributed by atoms with van der Waals surface area (Å²) < 4.78 is 1.90. The first kappa shape index (κ1) is 12.5. The molecule has 0 aliphatic rings. The Morgan fingerprint density at radius 2 is 2.11 bits per heavy atom. The number of aromatic nitrogens is 3. The number of aryl methyl sites for hydroxylation is 1. The highest BCUT2D eigenvalue weighted by Gasteiger charge is 2.03. The molecule has 1 aromatic carbocycles. The van der Waals surface area contributed by atoms with Gasteiger partial charge in [0.25, 0.3) is 0 Å². The number of hydrogen-bond donors (Lipinski definition) is 2. The maximum atomic E-state index is 10.9. The van der Waals surface area contributed by atoms with Gasteiger partial charge in [0.15, 0.2) is 0 Å². The number of rotatable bonds is 6. The van der Waals surface area contributed by atoms with Gasteiger partial charge in [0.05, 0.1) is 5.52 Å². The molecular formula is C12H17N5O. The molecule has 0 bridgehead atoms. The van der Waals surface area contributed by atoms with E-state index in [9.17, 15) is 4.79 Å². The molecule has 6 heteroatoms. The van der Waals surface area contributed by atoms with Crippen molar-refractivity contribution in [1.82, 2.24) is 20.4 Å². The molecule has 0 radical (unpaired) electrons. The molecule has 6 nitrogen and oxygen atoms in total. The Kier molecular flexibility index (Phi) is 4.25. The summed E-state index contributed by atoms with van der Waals surface area (Å²) in [5.74, 6) is 4.89. The standard InChI is InChI=1S/C12H17N5O/c13-14-12(18)8-2-1-5-9-17-11-7-4-3-6-10(11)15-16-17/h3-4,6-7H,1-2,5,8-9,13H2,(H,14,18). The molecule has 2 rings (SSSR count). The van der Waals surface area contributed by atoms with Crippen molar-refractivity contribution in [2.75, 3.05) is 0 Å². The predicted octanol–water partition coefficient (Wildman–Crippen LogP) is 0.982. The molecule has 0 fully saturated rings. The molecule has 0 saturated carbocycles. The second-order valence-electron chi connectivity index (χ2n) is 4.18. The lowest BCUT2D eigenvalue weighted by Gasteiger charge is -2.02. The first-order valence-corrected chi connectivity index (χ1v) is 6.09. The summed E-state index contributed by atoms with van der Waals surface area (Å²) in [5.41, 5.74) is 4.10. The van der Waals surface area contributed by atoms with Gasteiger partial charge in [0, 0.05) is 13.0 Å². The zero-order valence-corrected chi connectivity index (χ0v) is 10.2. The number of nitrogens with one attached hydrogen (secondary N) is 1. The molecule has 0 unspecified atom stereocenters. The third-order valence-corrected chi connectivity index (χ3v) is 2.85. The van der Waals surface area contributed by atoms with Gasteiger partial charge in [0.2, 0.25) is 5.91 Å². The number of hydrazine groups is 1. The van der Waals surface area contributed by atoms with Crippen LogP contribution in [0.15, 0.2) is 24.3 Å². The minimum Gasteiger partial charge on any atom is -0.294 e. The summed E-state index contributed by atoms with van der Waals surface area (Å²) in [4.78, 5) is 10.9. The predicted molar refractivity (Wildman–Crippen MR) is 68.3 cm³/mol. The number of carbonyl (C=O) groups excluding carboxylic acids is 1. The van der Waals surface area contributed by atoms with Gasteiger partial charge in [0.1, 0.15) is 5.52 Å². The molecule has 1 heterocycles. The molecular weight excluding hydrogens is 230 g/mol. The van der Waals surface area contributed by atoms with E-state index < -0.39 is 0 Å².